The molecule has 1 amide bonds. The number of aromatic nitrogens is 3. The summed E-state index contributed by atoms with van der Waals surface area (Å²) in [5.74, 6) is -0.373. The molecule has 0 saturated heterocycles. The average molecular weight is 598 g/mol. The molecule has 1 heterocycles. The SMILES string of the molecule is Cc1cc2nn(-c3cccc4ccccc34)nc2cc1NC(=S)NC(=O)c1cc(I)ccc1Cl. The summed E-state index contributed by atoms with van der Waals surface area (Å²) in [5, 5.41) is 17.9. The smallest absolute Gasteiger partial charge is 0.258 e. The van der Waals surface area contributed by atoms with Crippen molar-refractivity contribution in [2.75, 3.05) is 5.32 Å². The Bertz CT molecular complexity index is 1590. The molecule has 0 aliphatic carbocycles. The lowest BCUT2D eigenvalue weighted by Crippen LogP contribution is -2.34. The molecular weight excluding hydrogens is 581 g/mol. The minimum Gasteiger partial charge on any atom is -0.332 e. The second-order valence-electron chi connectivity index (χ2n) is 7.68. The Balaban J connectivity index is 1.41. The fourth-order valence-electron chi connectivity index (χ4n) is 3.69. The van der Waals surface area contributed by atoms with Crippen LogP contribution in [-0.4, -0.2) is 26.0 Å². The minimum atomic E-state index is -0.373. The lowest BCUT2D eigenvalue weighted by molar-refractivity contribution is 0.0978. The van der Waals surface area contributed by atoms with E-state index in [1.165, 1.54) is 0 Å². The van der Waals surface area contributed by atoms with Crippen molar-refractivity contribution in [2.45, 2.75) is 6.92 Å². The number of aryl methyl sites for hydroxylation is 1. The van der Waals surface area contributed by atoms with Crippen LogP contribution in [0.3, 0.4) is 0 Å². The van der Waals surface area contributed by atoms with Crippen LogP contribution in [0.25, 0.3) is 27.5 Å². The Morgan fingerprint density at radius 2 is 1.74 bits per heavy atom. The Kier molecular flexibility index (Phi) is 6.20. The molecule has 5 rings (SSSR count). The zero-order chi connectivity index (χ0) is 23.8. The number of anilines is 1. The lowest BCUT2D eigenvalue weighted by Gasteiger charge is -2.12. The number of fused-ring (bicyclic) bond motifs is 2. The fourth-order valence-corrected chi connectivity index (χ4v) is 4.59. The molecule has 0 spiro atoms. The first kappa shape index (κ1) is 22.7. The van der Waals surface area contributed by atoms with Crippen LogP contribution in [0.4, 0.5) is 5.69 Å². The maximum absolute atomic E-state index is 12.6. The van der Waals surface area contributed by atoms with Gasteiger partial charge in [0.2, 0.25) is 0 Å². The number of thiocarbonyl (C=S) groups is 1. The monoisotopic (exact) mass is 597 g/mol. The van der Waals surface area contributed by atoms with Crippen molar-refractivity contribution in [1.29, 1.82) is 0 Å². The van der Waals surface area contributed by atoms with Gasteiger partial charge in [0.25, 0.3) is 5.91 Å². The van der Waals surface area contributed by atoms with Crippen LogP contribution in [-0.2, 0) is 0 Å². The zero-order valence-corrected chi connectivity index (χ0v) is 21.6. The number of rotatable bonds is 3. The molecule has 9 heteroatoms. The molecule has 0 aliphatic heterocycles. The van der Waals surface area contributed by atoms with Gasteiger partial charge in [-0.15, -0.1) is 15.0 Å². The van der Waals surface area contributed by atoms with E-state index in [1.54, 1.807) is 16.9 Å². The van der Waals surface area contributed by atoms with Crippen molar-refractivity contribution >= 4 is 84.9 Å². The molecule has 2 N–H and O–H groups in total. The highest BCUT2D eigenvalue weighted by Crippen LogP contribution is 2.25. The van der Waals surface area contributed by atoms with E-state index in [9.17, 15) is 4.79 Å². The summed E-state index contributed by atoms with van der Waals surface area (Å²) in [5.41, 5.74) is 4.38. The van der Waals surface area contributed by atoms with Crippen LogP contribution in [0.1, 0.15) is 15.9 Å². The van der Waals surface area contributed by atoms with E-state index in [2.05, 4.69) is 61.6 Å². The number of carbonyl (C=O) groups is 1. The van der Waals surface area contributed by atoms with Crippen LogP contribution in [0.15, 0.2) is 72.8 Å². The quantitative estimate of drug-likeness (QED) is 0.190. The lowest BCUT2D eigenvalue weighted by atomic mass is 10.1. The topological polar surface area (TPSA) is 71.8 Å². The number of nitrogens with one attached hydrogen (secondary N) is 2. The van der Waals surface area contributed by atoms with Gasteiger partial charge >= 0.3 is 0 Å². The van der Waals surface area contributed by atoms with Gasteiger partial charge in [0, 0.05) is 14.6 Å². The summed E-state index contributed by atoms with van der Waals surface area (Å²) >= 11 is 13.7. The molecule has 0 saturated carbocycles. The largest absolute Gasteiger partial charge is 0.332 e. The molecule has 0 fully saturated rings. The third-order valence-electron chi connectivity index (χ3n) is 5.36. The molecule has 0 unspecified atom stereocenters. The van der Waals surface area contributed by atoms with E-state index in [4.69, 9.17) is 23.8 Å². The van der Waals surface area contributed by atoms with Crippen molar-refractivity contribution in [3.63, 3.8) is 0 Å². The normalized spacial score (nSPS) is 11.0. The van der Waals surface area contributed by atoms with Gasteiger partial charge in [-0.05, 0) is 89.1 Å². The first-order valence-corrected chi connectivity index (χ1v) is 12.2. The minimum absolute atomic E-state index is 0.170. The van der Waals surface area contributed by atoms with E-state index in [0.29, 0.717) is 16.1 Å². The highest BCUT2D eigenvalue weighted by atomic mass is 127. The van der Waals surface area contributed by atoms with Crippen molar-refractivity contribution in [3.05, 3.63) is 92.5 Å². The predicted octanol–water partition coefficient (Wildman–Crippen LogP) is 6.27. The van der Waals surface area contributed by atoms with Crippen LogP contribution >= 0.6 is 46.4 Å². The number of amides is 1. The van der Waals surface area contributed by atoms with Crippen molar-refractivity contribution in [1.82, 2.24) is 20.3 Å². The van der Waals surface area contributed by atoms with Crippen LogP contribution in [0.5, 0.6) is 0 Å². The molecule has 1 aromatic heterocycles. The molecule has 0 bridgehead atoms. The summed E-state index contributed by atoms with van der Waals surface area (Å²) in [6, 6.07) is 23.2. The van der Waals surface area contributed by atoms with E-state index in [1.807, 2.05) is 49.4 Å². The number of hydrogen-bond donors (Lipinski definition) is 2. The number of hydrogen-bond acceptors (Lipinski definition) is 4. The third-order valence-corrected chi connectivity index (χ3v) is 6.56. The Morgan fingerprint density at radius 3 is 2.56 bits per heavy atom. The van der Waals surface area contributed by atoms with E-state index in [0.717, 1.165) is 36.8 Å². The van der Waals surface area contributed by atoms with E-state index >= 15 is 0 Å². The van der Waals surface area contributed by atoms with Gasteiger partial charge in [-0.2, -0.15) is 0 Å². The molecular formula is C25H17ClIN5OS. The molecule has 0 radical (unpaired) electrons. The predicted molar refractivity (Wildman–Crippen MR) is 149 cm³/mol. The van der Waals surface area contributed by atoms with Gasteiger partial charge in [-0.25, -0.2) is 0 Å². The summed E-state index contributed by atoms with van der Waals surface area (Å²) in [6.07, 6.45) is 0. The van der Waals surface area contributed by atoms with Crippen molar-refractivity contribution in [3.8, 4) is 5.69 Å². The first-order valence-electron chi connectivity index (χ1n) is 10.3. The number of carbonyl (C=O) groups excluding carboxylic acids is 1. The molecule has 34 heavy (non-hydrogen) atoms. The maximum Gasteiger partial charge on any atom is 0.258 e. The second-order valence-corrected chi connectivity index (χ2v) is 9.74. The standard InChI is InChI=1S/C25H17ClIN5OS/c1-14-11-21-22(31-32(30-21)23-8-4-6-15-5-2-3-7-17(15)23)13-20(14)28-25(34)29-24(33)18-12-16(27)9-10-19(18)26/h2-13H,1H3,(H2,28,29,33,34). The van der Waals surface area contributed by atoms with E-state index in [-0.39, 0.29) is 11.0 Å². The van der Waals surface area contributed by atoms with E-state index < -0.39 is 0 Å². The molecule has 0 aliphatic rings. The van der Waals surface area contributed by atoms with Crippen molar-refractivity contribution in [2.24, 2.45) is 0 Å². The number of nitrogens with zero attached hydrogens (tertiary/aromatic N) is 3. The van der Waals surface area contributed by atoms with Gasteiger partial charge in [-0.3, -0.25) is 10.1 Å². The van der Waals surface area contributed by atoms with Gasteiger partial charge in [0.05, 0.1) is 16.3 Å². The molecule has 5 aromatic rings. The molecule has 4 aromatic carbocycles. The van der Waals surface area contributed by atoms with Crippen LogP contribution < -0.4 is 10.6 Å². The Morgan fingerprint density at radius 1 is 1.00 bits per heavy atom. The summed E-state index contributed by atoms with van der Waals surface area (Å²) < 4.78 is 0.904. The van der Waals surface area contributed by atoms with Crippen molar-refractivity contribution < 1.29 is 4.79 Å². The highest BCUT2D eigenvalue weighted by molar-refractivity contribution is 14.1. The maximum atomic E-state index is 12.6. The van der Waals surface area contributed by atoms with Gasteiger partial charge in [-0.1, -0.05) is 48.0 Å². The summed E-state index contributed by atoms with van der Waals surface area (Å²) in [7, 11) is 0. The zero-order valence-electron chi connectivity index (χ0n) is 17.8. The third kappa shape index (κ3) is 4.48. The molecule has 0 atom stereocenters. The molecule has 6 nitrogen and oxygen atoms in total. The van der Waals surface area contributed by atoms with Gasteiger partial charge < -0.3 is 5.32 Å². The van der Waals surface area contributed by atoms with Gasteiger partial charge in [0.1, 0.15) is 11.0 Å². The first-order chi connectivity index (χ1) is 16.4. The second kappa shape index (κ2) is 9.28. The fraction of sp³-hybridized carbons (Fsp3) is 0.0400. The summed E-state index contributed by atoms with van der Waals surface area (Å²) in [6.45, 7) is 1.94. The highest BCUT2D eigenvalue weighted by Gasteiger charge is 2.15. The van der Waals surface area contributed by atoms with Crippen LogP contribution in [0.2, 0.25) is 5.02 Å². The Hall–Kier alpha value is -3.08. The average Bonchev–Trinajstić information content (AvgIpc) is 3.22. The number of benzene rings is 4. The van der Waals surface area contributed by atoms with Crippen LogP contribution in [0, 0.1) is 10.5 Å². The Labute approximate surface area is 219 Å². The van der Waals surface area contributed by atoms with Gasteiger partial charge in [0.15, 0.2) is 5.11 Å². The number of halogens is 2. The summed E-state index contributed by atoms with van der Waals surface area (Å²) in [4.78, 5) is 14.3. The molecule has 168 valence electrons.